The number of hydrogen-bond donors (Lipinski definition) is 2. The number of para-hydroxylation sites is 2. The van der Waals surface area contributed by atoms with Gasteiger partial charge in [0.05, 0.1) is 12.1 Å². The third kappa shape index (κ3) is 5.17. The van der Waals surface area contributed by atoms with Crippen molar-refractivity contribution in [2.45, 2.75) is 91.1 Å². The van der Waals surface area contributed by atoms with Crippen molar-refractivity contribution in [2.24, 2.45) is 0 Å². The molecule has 0 bridgehead atoms. The normalized spacial score (nSPS) is 16.4. The van der Waals surface area contributed by atoms with Crippen molar-refractivity contribution in [3.05, 3.63) is 118 Å². The molecule has 2 N–H and O–H groups in total. The van der Waals surface area contributed by atoms with Crippen molar-refractivity contribution in [3.63, 3.8) is 0 Å². The van der Waals surface area contributed by atoms with Crippen LogP contribution in [-0.2, 0) is 0 Å². The fraction of sp³-hybridized carbons (Fsp3) is 0.368. The van der Waals surface area contributed by atoms with E-state index in [-0.39, 0.29) is 12.1 Å². The molecule has 40 heavy (non-hydrogen) atoms. The minimum atomic E-state index is 0.0590. The molecule has 4 aromatic carbocycles. The van der Waals surface area contributed by atoms with Gasteiger partial charge in [-0.05, 0) is 68.2 Å². The van der Waals surface area contributed by atoms with Gasteiger partial charge in [-0.25, -0.2) is 0 Å². The van der Waals surface area contributed by atoms with E-state index >= 15 is 0 Å². The highest BCUT2D eigenvalue weighted by Crippen LogP contribution is 2.49. The highest BCUT2D eigenvalue weighted by molar-refractivity contribution is 5.78. The molecule has 2 atom stereocenters. The van der Waals surface area contributed by atoms with E-state index in [1.165, 1.54) is 55.9 Å². The summed E-state index contributed by atoms with van der Waals surface area (Å²) in [7, 11) is 0. The van der Waals surface area contributed by atoms with E-state index in [2.05, 4.69) is 151 Å². The molecule has 0 unspecified atom stereocenters. The Morgan fingerprint density at radius 3 is 1.00 bits per heavy atom. The quantitative estimate of drug-likeness (QED) is 0.237. The molecule has 0 aromatic heterocycles. The van der Waals surface area contributed by atoms with E-state index < -0.39 is 0 Å². The zero-order chi connectivity index (χ0) is 28.6. The Labute approximate surface area is 242 Å². The van der Waals surface area contributed by atoms with Crippen LogP contribution in [0.1, 0.15) is 125 Å². The van der Waals surface area contributed by atoms with Crippen molar-refractivity contribution >= 4 is 11.4 Å². The number of rotatable bonds is 8. The maximum Gasteiger partial charge on any atom is 0.0763 e. The van der Waals surface area contributed by atoms with E-state index in [9.17, 15) is 0 Å². The molecule has 0 aliphatic heterocycles. The van der Waals surface area contributed by atoms with Crippen molar-refractivity contribution in [2.75, 3.05) is 10.6 Å². The average Bonchev–Trinajstić information content (AvgIpc) is 2.94. The molecule has 208 valence electrons. The van der Waals surface area contributed by atoms with Gasteiger partial charge in [-0.3, -0.25) is 0 Å². The van der Waals surface area contributed by atoms with Crippen LogP contribution in [0.15, 0.2) is 84.9 Å². The molecule has 0 fully saturated rings. The maximum atomic E-state index is 4.18. The second kappa shape index (κ2) is 11.5. The molecule has 0 saturated heterocycles. The largest absolute Gasteiger partial charge is 0.375 e. The third-order valence-electron chi connectivity index (χ3n) is 8.56. The first-order valence-electron chi connectivity index (χ1n) is 15.2. The van der Waals surface area contributed by atoms with Crippen molar-refractivity contribution < 1.29 is 0 Å². The molecule has 0 spiro atoms. The molecule has 2 nitrogen and oxygen atoms in total. The Hall–Kier alpha value is -3.52. The Kier molecular flexibility index (Phi) is 8.08. The second-order valence-electron chi connectivity index (χ2n) is 12.7. The van der Waals surface area contributed by atoms with Crippen LogP contribution in [0.5, 0.6) is 0 Å². The topological polar surface area (TPSA) is 24.1 Å². The number of hydrogen-bond acceptors (Lipinski definition) is 2. The van der Waals surface area contributed by atoms with Crippen molar-refractivity contribution in [1.82, 2.24) is 0 Å². The molecular formula is C38H46N2. The van der Waals surface area contributed by atoms with Gasteiger partial charge in [-0.2, -0.15) is 0 Å². The van der Waals surface area contributed by atoms with Crippen LogP contribution in [0.2, 0.25) is 0 Å². The molecular weight excluding hydrogens is 484 g/mol. The van der Waals surface area contributed by atoms with Crippen molar-refractivity contribution in [1.29, 1.82) is 0 Å². The van der Waals surface area contributed by atoms with Gasteiger partial charge in [0.25, 0.3) is 0 Å². The van der Waals surface area contributed by atoms with Crippen LogP contribution in [-0.4, -0.2) is 0 Å². The third-order valence-corrected chi connectivity index (χ3v) is 8.56. The fourth-order valence-electron chi connectivity index (χ4n) is 6.45. The predicted molar refractivity (Wildman–Crippen MR) is 174 cm³/mol. The average molecular weight is 531 g/mol. The summed E-state index contributed by atoms with van der Waals surface area (Å²) >= 11 is 0. The van der Waals surface area contributed by atoms with Crippen LogP contribution in [0, 0.1) is 0 Å². The Morgan fingerprint density at radius 2 is 0.700 bits per heavy atom. The van der Waals surface area contributed by atoms with E-state index in [0.29, 0.717) is 23.7 Å². The SMILES string of the molecule is CC(C)c1cccc(C(C)C)c1N[C@@H]1c2ccccc2-c2ccccc2[C@@H]1Nc1c(C(C)C)cccc1C(C)C. The highest BCUT2D eigenvalue weighted by atomic mass is 15.0. The van der Waals surface area contributed by atoms with Gasteiger partial charge >= 0.3 is 0 Å². The monoisotopic (exact) mass is 530 g/mol. The fourth-order valence-corrected chi connectivity index (χ4v) is 6.45. The van der Waals surface area contributed by atoms with Crippen LogP contribution in [0.3, 0.4) is 0 Å². The number of benzene rings is 4. The summed E-state index contributed by atoms with van der Waals surface area (Å²) in [4.78, 5) is 0. The van der Waals surface area contributed by atoms with E-state index in [4.69, 9.17) is 0 Å². The molecule has 1 aliphatic carbocycles. The summed E-state index contributed by atoms with van der Waals surface area (Å²) < 4.78 is 0. The van der Waals surface area contributed by atoms with Crippen LogP contribution >= 0.6 is 0 Å². The van der Waals surface area contributed by atoms with Crippen molar-refractivity contribution in [3.8, 4) is 11.1 Å². The van der Waals surface area contributed by atoms with Gasteiger partial charge in [0.1, 0.15) is 0 Å². The van der Waals surface area contributed by atoms with Gasteiger partial charge in [0, 0.05) is 11.4 Å². The zero-order valence-electron chi connectivity index (χ0n) is 25.5. The molecule has 5 rings (SSSR count). The summed E-state index contributed by atoms with van der Waals surface area (Å²) in [6.45, 7) is 18.4. The molecule has 0 heterocycles. The second-order valence-corrected chi connectivity index (χ2v) is 12.7. The highest BCUT2D eigenvalue weighted by Gasteiger charge is 2.35. The summed E-state index contributed by atoms with van der Waals surface area (Å²) in [5.41, 5.74) is 13.4. The summed E-state index contributed by atoms with van der Waals surface area (Å²) in [5, 5.41) is 8.37. The maximum absolute atomic E-state index is 4.18. The first-order valence-corrected chi connectivity index (χ1v) is 15.2. The predicted octanol–water partition coefficient (Wildman–Crippen LogP) is 11.2. The van der Waals surface area contributed by atoms with E-state index in [1.54, 1.807) is 0 Å². The standard InChI is InChI=1S/C38H46N2/c1-23(2)27-19-13-20-28(24(3)4)35(27)39-37-33-17-11-9-15-31(33)32-16-10-12-18-34(32)38(37)40-36-29(25(5)6)21-14-22-30(36)26(7)8/h9-26,37-40H,1-8H3/t37-,38+. The zero-order valence-corrected chi connectivity index (χ0v) is 25.5. The summed E-state index contributed by atoms with van der Waals surface area (Å²) in [6.07, 6.45) is 0. The first-order chi connectivity index (χ1) is 19.2. The Bertz CT molecular complexity index is 1310. The minimum absolute atomic E-state index is 0.0590. The summed E-state index contributed by atoms with van der Waals surface area (Å²) in [5.74, 6) is 1.70. The lowest BCUT2D eigenvalue weighted by Gasteiger charge is -2.40. The van der Waals surface area contributed by atoms with E-state index in [1.807, 2.05) is 0 Å². The van der Waals surface area contributed by atoms with Gasteiger partial charge in [-0.1, -0.05) is 140 Å². The minimum Gasteiger partial charge on any atom is -0.375 e. The summed E-state index contributed by atoms with van der Waals surface area (Å²) in [6, 6.07) is 31.7. The molecule has 0 radical (unpaired) electrons. The van der Waals surface area contributed by atoms with Gasteiger partial charge in [0.15, 0.2) is 0 Å². The number of fused-ring (bicyclic) bond motifs is 3. The molecule has 2 heteroatoms. The van der Waals surface area contributed by atoms with Crippen LogP contribution in [0.25, 0.3) is 11.1 Å². The molecule has 4 aromatic rings. The lowest BCUT2D eigenvalue weighted by Crippen LogP contribution is -2.31. The molecule has 1 aliphatic rings. The van der Waals surface area contributed by atoms with Gasteiger partial charge in [0.2, 0.25) is 0 Å². The Morgan fingerprint density at radius 1 is 0.400 bits per heavy atom. The van der Waals surface area contributed by atoms with Crippen LogP contribution in [0.4, 0.5) is 11.4 Å². The smallest absolute Gasteiger partial charge is 0.0763 e. The van der Waals surface area contributed by atoms with Crippen LogP contribution < -0.4 is 10.6 Å². The van der Waals surface area contributed by atoms with Gasteiger partial charge < -0.3 is 10.6 Å². The number of nitrogens with one attached hydrogen (secondary N) is 2. The first kappa shape index (κ1) is 28.0. The Balaban J connectivity index is 1.74. The molecule has 0 saturated carbocycles. The van der Waals surface area contributed by atoms with Gasteiger partial charge in [-0.15, -0.1) is 0 Å². The molecule has 0 amide bonds. The van der Waals surface area contributed by atoms with E-state index in [0.717, 1.165) is 0 Å². The lowest BCUT2D eigenvalue weighted by atomic mass is 9.78. The number of anilines is 2. The lowest BCUT2D eigenvalue weighted by molar-refractivity contribution is 0.634.